The zero-order valence-electron chi connectivity index (χ0n) is 7.00. The van der Waals surface area contributed by atoms with E-state index in [1.54, 1.807) is 31.2 Å². The molecule has 3 heteroatoms. The van der Waals surface area contributed by atoms with Crippen LogP contribution in [0.15, 0.2) is 33.5 Å². The van der Waals surface area contributed by atoms with Gasteiger partial charge in [-0.1, -0.05) is 18.2 Å². The molecule has 0 aliphatic rings. The van der Waals surface area contributed by atoms with E-state index in [4.69, 9.17) is 4.42 Å². The van der Waals surface area contributed by atoms with Crippen molar-refractivity contribution in [2.24, 2.45) is 0 Å². The van der Waals surface area contributed by atoms with Crippen LogP contribution in [0.1, 0.15) is 5.56 Å². The Hall–Kier alpha value is -1.64. The molecule has 2 aromatic rings. The molecule has 0 amide bonds. The summed E-state index contributed by atoms with van der Waals surface area (Å²) in [7, 11) is 0. The molecule has 1 aromatic heterocycles. The second kappa shape index (κ2) is 2.69. The summed E-state index contributed by atoms with van der Waals surface area (Å²) in [6.45, 7) is 1.56. The molecule has 0 radical (unpaired) electrons. The SMILES string of the molecule is Cc1c(F)c(=O)oc2ccccc12. The Kier molecular flexibility index (Phi) is 1.65. The second-order valence-electron chi connectivity index (χ2n) is 2.82. The first kappa shape index (κ1) is 7.98. The molecule has 66 valence electrons. The molecule has 1 heterocycles. The monoisotopic (exact) mass is 178 g/mol. The Morgan fingerprint density at radius 3 is 2.77 bits per heavy atom. The Labute approximate surface area is 73.6 Å². The smallest absolute Gasteiger partial charge is 0.372 e. The molecule has 0 aliphatic carbocycles. The number of aryl methyl sites for hydroxylation is 1. The number of rotatable bonds is 0. The lowest BCUT2D eigenvalue weighted by molar-refractivity contribution is 0.482. The van der Waals surface area contributed by atoms with Crippen molar-refractivity contribution in [3.8, 4) is 0 Å². The van der Waals surface area contributed by atoms with E-state index in [9.17, 15) is 9.18 Å². The Balaban J connectivity index is 3.02. The van der Waals surface area contributed by atoms with Gasteiger partial charge in [-0.05, 0) is 13.0 Å². The zero-order valence-corrected chi connectivity index (χ0v) is 7.00. The van der Waals surface area contributed by atoms with E-state index in [1.165, 1.54) is 0 Å². The summed E-state index contributed by atoms with van der Waals surface area (Å²) >= 11 is 0. The van der Waals surface area contributed by atoms with E-state index in [0.29, 0.717) is 16.5 Å². The minimum Gasteiger partial charge on any atom is -0.421 e. The quantitative estimate of drug-likeness (QED) is 0.579. The summed E-state index contributed by atoms with van der Waals surface area (Å²) in [5.41, 5.74) is -0.144. The van der Waals surface area contributed by atoms with E-state index in [0.717, 1.165) is 0 Å². The average molecular weight is 178 g/mol. The van der Waals surface area contributed by atoms with E-state index < -0.39 is 11.4 Å². The van der Waals surface area contributed by atoms with Gasteiger partial charge >= 0.3 is 5.63 Å². The van der Waals surface area contributed by atoms with Crippen LogP contribution in [0, 0.1) is 12.7 Å². The summed E-state index contributed by atoms with van der Waals surface area (Å²) in [5.74, 6) is -0.807. The normalized spacial score (nSPS) is 10.6. The van der Waals surface area contributed by atoms with Crippen molar-refractivity contribution in [1.29, 1.82) is 0 Å². The summed E-state index contributed by atoms with van der Waals surface area (Å²) in [5, 5.41) is 0.639. The molecule has 1 aromatic carbocycles. The molecule has 0 N–H and O–H groups in total. The lowest BCUT2D eigenvalue weighted by Gasteiger charge is -1.99. The van der Waals surface area contributed by atoms with Gasteiger partial charge in [0.05, 0.1) is 0 Å². The largest absolute Gasteiger partial charge is 0.421 e. The van der Waals surface area contributed by atoms with Crippen molar-refractivity contribution in [1.82, 2.24) is 0 Å². The van der Waals surface area contributed by atoms with Crippen LogP contribution < -0.4 is 5.63 Å². The van der Waals surface area contributed by atoms with Gasteiger partial charge in [0.25, 0.3) is 0 Å². The Bertz CT molecular complexity index is 514. The van der Waals surface area contributed by atoms with Crippen molar-refractivity contribution in [3.63, 3.8) is 0 Å². The highest BCUT2D eigenvalue weighted by Crippen LogP contribution is 2.17. The lowest BCUT2D eigenvalue weighted by Crippen LogP contribution is -2.06. The molecular weight excluding hydrogens is 171 g/mol. The molecular formula is C10H7FO2. The number of hydrogen-bond acceptors (Lipinski definition) is 2. The molecule has 0 bridgehead atoms. The Morgan fingerprint density at radius 2 is 2.00 bits per heavy atom. The number of para-hydroxylation sites is 1. The van der Waals surface area contributed by atoms with Gasteiger partial charge in [-0.25, -0.2) is 4.79 Å². The molecule has 0 aliphatic heterocycles. The van der Waals surface area contributed by atoms with Gasteiger partial charge in [0.15, 0.2) is 0 Å². The maximum absolute atomic E-state index is 13.1. The van der Waals surface area contributed by atoms with Crippen LogP contribution in [0.4, 0.5) is 4.39 Å². The molecule has 0 unspecified atom stereocenters. The zero-order chi connectivity index (χ0) is 9.42. The molecule has 0 atom stereocenters. The number of fused-ring (bicyclic) bond motifs is 1. The van der Waals surface area contributed by atoms with Gasteiger partial charge in [-0.15, -0.1) is 0 Å². The van der Waals surface area contributed by atoms with Crippen molar-refractivity contribution in [2.45, 2.75) is 6.92 Å². The number of benzene rings is 1. The van der Waals surface area contributed by atoms with Gasteiger partial charge in [0.1, 0.15) is 5.58 Å². The molecule has 0 saturated heterocycles. The lowest BCUT2D eigenvalue weighted by atomic mass is 10.1. The molecule has 13 heavy (non-hydrogen) atoms. The fourth-order valence-electron chi connectivity index (χ4n) is 1.28. The van der Waals surface area contributed by atoms with Crippen molar-refractivity contribution < 1.29 is 8.81 Å². The summed E-state index contributed by atoms with van der Waals surface area (Å²) in [6, 6.07) is 6.87. The van der Waals surface area contributed by atoms with Crippen LogP contribution in [0.3, 0.4) is 0 Å². The van der Waals surface area contributed by atoms with Crippen LogP contribution in [0.2, 0.25) is 0 Å². The minimum atomic E-state index is -0.906. The third kappa shape index (κ3) is 1.13. The highest BCUT2D eigenvalue weighted by molar-refractivity contribution is 5.79. The fourth-order valence-corrected chi connectivity index (χ4v) is 1.28. The van der Waals surface area contributed by atoms with Crippen LogP contribution >= 0.6 is 0 Å². The van der Waals surface area contributed by atoms with Gasteiger partial charge in [-0.2, -0.15) is 4.39 Å². The van der Waals surface area contributed by atoms with Crippen LogP contribution in [0.25, 0.3) is 11.0 Å². The van der Waals surface area contributed by atoms with E-state index in [1.807, 2.05) is 0 Å². The fraction of sp³-hybridized carbons (Fsp3) is 0.100. The predicted molar refractivity (Wildman–Crippen MR) is 47.2 cm³/mol. The number of hydrogen-bond donors (Lipinski definition) is 0. The average Bonchev–Trinajstić information content (AvgIpc) is 2.15. The second-order valence-corrected chi connectivity index (χ2v) is 2.82. The summed E-state index contributed by atoms with van der Waals surface area (Å²) in [4.78, 5) is 10.9. The van der Waals surface area contributed by atoms with E-state index in [-0.39, 0.29) is 0 Å². The summed E-state index contributed by atoms with van der Waals surface area (Å²) in [6.07, 6.45) is 0. The maximum Gasteiger partial charge on any atom is 0.372 e. The highest BCUT2D eigenvalue weighted by atomic mass is 19.1. The first-order valence-corrected chi connectivity index (χ1v) is 3.88. The third-order valence-electron chi connectivity index (χ3n) is 2.00. The maximum atomic E-state index is 13.1. The van der Waals surface area contributed by atoms with Gasteiger partial charge in [-0.3, -0.25) is 0 Å². The van der Waals surface area contributed by atoms with Gasteiger partial charge in [0, 0.05) is 10.9 Å². The standard InChI is InChI=1S/C10H7FO2/c1-6-7-4-2-3-5-8(7)13-10(12)9(6)11/h2-5H,1H3. The van der Waals surface area contributed by atoms with Gasteiger partial charge < -0.3 is 4.42 Å². The molecule has 0 saturated carbocycles. The van der Waals surface area contributed by atoms with E-state index in [2.05, 4.69) is 0 Å². The van der Waals surface area contributed by atoms with Crippen LogP contribution in [0.5, 0.6) is 0 Å². The van der Waals surface area contributed by atoms with Crippen LogP contribution in [-0.4, -0.2) is 0 Å². The number of halogens is 1. The highest BCUT2D eigenvalue weighted by Gasteiger charge is 2.08. The predicted octanol–water partition coefficient (Wildman–Crippen LogP) is 2.24. The third-order valence-corrected chi connectivity index (χ3v) is 2.00. The molecule has 0 fully saturated rings. The van der Waals surface area contributed by atoms with Crippen LogP contribution in [-0.2, 0) is 0 Å². The van der Waals surface area contributed by atoms with Crippen molar-refractivity contribution >= 4 is 11.0 Å². The topological polar surface area (TPSA) is 30.2 Å². The first-order chi connectivity index (χ1) is 6.20. The Morgan fingerprint density at radius 1 is 1.31 bits per heavy atom. The molecule has 2 rings (SSSR count). The van der Waals surface area contributed by atoms with Crippen molar-refractivity contribution in [2.75, 3.05) is 0 Å². The molecule has 0 spiro atoms. The van der Waals surface area contributed by atoms with E-state index >= 15 is 0 Å². The minimum absolute atomic E-state index is 0.340. The summed E-state index contributed by atoms with van der Waals surface area (Å²) < 4.78 is 17.8. The van der Waals surface area contributed by atoms with Gasteiger partial charge in [0.2, 0.25) is 5.82 Å². The van der Waals surface area contributed by atoms with Crippen molar-refractivity contribution in [3.05, 3.63) is 46.1 Å². The first-order valence-electron chi connectivity index (χ1n) is 3.88. The molecule has 2 nitrogen and oxygen atoms in total.